The minimum absolute atomic E-state index is 0.518. The van der Waals surface area contributed by atoms with Crippen LogP contribution >= 0.6 is 0 Å². The molecule has 0 aliphatic carbocycles. The van der Waals surface area contributed by atoms with Crippen LogP contribution in [0.25, 0.3) is 0 Å². The Labute approximate surface area is 121 Å². The lowest BCUT2D eigenvalue weighted by Gasteiger charge is -2.17. The number of rotatable bonds is 2. The van der Waals surface area contributed by atoms with Gasteiger partial charge in [-0.1, -0.05) is 19.9 Å². The van der Waals surface area contributed by atoms with Gasteiger partial charge in [-0.05, 0) is 30.0 Å². The predicted molar refractivity (Wildman–Crippen MR) is 77.8 cm³/mol. The summed E-state index contributed by atoms with van der Waals surface area (Å²) in [5.41, 5.74) is 1.28. The summed E-state index contributed by atoms with van der Waals surface area (Å²) in [6.45, 7) is 7.79. The van der Waals surface area contributed by atoms with Crippen LogP contribution in [-0.4, -0.2) is 39.6 Å². The zero-order chi connectivity index (χ0) is 14.2. The van der Waals surface area contributed by atoms with Gasteiger partial charge >= 0.3 is 0 Å². The number of fused-ring (bicyclic) bond motifs is 1. The molecule has 4 nitrogen and oxygen atoms in total. The van der Waals surface area contributed by atoms with Gasteiger partial charge in [-0.3, -0.25) is 0 Å². The maximum absolute atomic E-state index is 5.80. The van der Waals surface area contributed by atoms with E-state index in [0.29, 0.717) is 45.6 Å². The molecule has 0 N–H and O–H groups in total. The van der Waals surface area contributed by atoms with Gasteiger partial charge in [0.2, 0.25) is 0 Å². The average molecular weight is 280 g/mol. The maximum atomic E-state index is 5.80. The zero-order valence-electron chi connectivity index (χ0n) is 12.4. The Hall–Kier alpha value is -1.26. The topological polar surface area (TPSA) is 36.9 Å². The van der Waals surface area contributed by atoms with E-state index in [1.54, 1.807) is 0 Å². The molecule has 0 bridgehead atoms. The predicted octanol–water partition coefficient (Wildman–Crippen LogP) is 3.00. The third-order valence-electron chi connectivity index (χ3n) is 3.49. The number of benzene rings is 1. The Morgan fingerprint density at radius 3 is 2.15 bits per heavy atom. The summed E-state index contributed by atoms with van der Waals surface area (Å²) in [6, 6.07) is 6.18. The van der Waals surface area contributed by atoms with Crippen LogP contribution in [0.5, 0.6) is 11.5 Å². The number of ether oxygens (including phenoxy) is 4. The zero-order valence-corrected chi connectivity index (χ0v) is 12.4. The van der Waals surface area contributed by atoms with E-state index in [1.165, 1.54) is 5.56 Å². The lowest BCUT2D eigenvalue weighted by Crippen LogP contribution is -2.15. The van der Waals surface area contributed by atoms with Gasteiger partial charge in [0.15, 0.2) is 11.5 Å². The lowest BCUT2D eigenvalue weighted by atomic mass is 9.98. The van der Waals surface area contributed by atoms with Crippen LogP contribution < -0.4 is 9.47 Å². The second-order valence-electron chi connectivity index (χ2n) is 4.94. The van der Waals surface area contributed by atoms with Gasteiger partial charge in [0.1, 0.15) is 13.2 Å². The lowest BCUT2D eigenvalue weighted by molar-refractivity contribution is 0.0223. The van der Waals surface area contributed by atoms with Crippen molar-refractivity contribution < 1.29 is 18.9 Å². The highest BCUT2D eigenvalue weighted by Gasteiger charge is 2.11. The van der Waals surface area contributed by atoms with Crippen LogP contribution in [0.1, 0.15) is 31.7 Å². The summed E-state index contributed by atoms with van der Waals surface area (Å²) in [6.07, 6.45) is 1.11. The first-order valence-electron chi connectivity index (χ1n) is 7.36. The average Bonchev–Trinajstić information content (AvgIpc) is 2.47. The molecule has 2 rings (SSSR count). The Bertz CT molecular complexity index is 405. The first kappa shape index (κ1) is 15.1. The molecule has 1 unspecified atom stereocenters. The summed E-state index contributed by atoms with van der Waals surface area (Å²) in [5, 5.41) is 0. The van der Waals surface area contributed by atoms with E-state index in [2.05, 4.69) is 26.0 Å². The van der Waals surface area contributed by atoms with E-state index in [9.17, 15) is 0 Å². The molecule has 1 aromatic rings. The van der Waals surface area contributed by atoms with Crippen LogP contribution in [0.3, 0.4) is 0 Å². The summed E-state index contributed by atoms with van der Waals surface area (Å²) in [5.74, 6) is 2.10. The molecule has 1 atom stereocenters. The molecule has 0 fully saturated rings. The van der Waals surface area contributed by atoms with Gasteiger partial charge in [-0.2, -0.15) is 0 Å². The maximum Gasteiger partial charge on any atom is 0.161 e. The molecule has 0 amide bonds. The fraction of sp³-hybridized carbons (Fsp3) is 0.625. The summed E-state index contributed by atoms with van der Waals surface area (Å²) in [7, 11) is 0. The molecule has 0 saturated heterocycles. The van der Waals surface area contributed by atoms with Gasteiger partial charge in [0.05, 0.1) is 26.4 Å². The quantitative estimate of drug-likeness (QED) is 0.834. The van der Waals surface area contributed by atoms with Crippen molar-refractivity contribution >= 4 is 0 Å². The minimum atomic E-state index is 0.518. The summed E-state index contributed by atoms with van der Waals surface area (Å²) < 4.78 is 22.4. The molecule has 0 aromatic heterocycles. The summed E-state index contributed by atoms with van der Waals surface area (Å²) >= 11 is 0. The van der Waals surface area contributed by atoms with E-state index in [-0.39, 0.29) is 0 Å². The highest BCUT2D eigenvalue weighted by molar-refractivity contribution is 5.44. The van der Waals surface area contributed by atoms with Crippen LogP contribution in [0.2, 0.25) is 0 Å². The van der Waals surface area contributed by atoms with Crippen molar-refractivity contribution in [3.63, 3.8) is 0 Å². The van der Waals surface area contributed by atoms with Gasteiger partial charge in [-0.15, -0.1) is 0 Å². The SMILES string of the molecule is CCC(C)c1ccc2c(c1)OCCOCCOCCO2. The van der Waals surface area contributed by atoms with E-state index in [0.717, 1.165) is 17.9 Å². The fourth-order valence-electron chi connectivity index (χ4n) is 2.04. The molecule has 4 heteroatoms. The fourth-order valence-corrected chi connectivity index (χ4v) is 2.04. The molecule has 1 heterocycles. The molecular weight excluding hydrogens is 256 g/mol. The van der Waals surface area contributed by atoms with E-state index in [1.807, 2.05) is 6.07 Å². The van der Waals surface area contributed by atoms with E-state index in [4.69, 9.17) is 18.9 Å². The minimum Gasteiger partial charge on any atom is -0.487 e. The van der Waals surface area contributed by atoms with Crippen molar-refractivity contribution in [2.45, 2.75) is 26.2 Å². The Morgan fingerprint density at radius 1 is 0.900 bits per heavy atom. The largest absolute Gasteiger partial charge is 0.487 e. The smallest absolute Gasteiger partial charge is 0.161 e. The first-order valence-corrected chi connectivity index (χ1v) is 7.36. The van der Waals surface area contributed by atoms with Crippen molar-refractivity contribution in [1.29, 1.82) is 0 Å². The van der Waals surface area contributed by atoms with Crippen LogP contribution in [0, 0.1) is 0 Å². The van der Waals surface area contributed by atoms with Crippen molar-refractivity contribution in [3.8, 4) is 11.5 Å². The normalized spacial score (nSPS) is 18.7. The monoisotopic (exact) mass is 280 g/mol. The third kappa shape index (κ3) is 4.39. The second-order valence-corrected chi connectivity index (χ2v) is 4.94. The first-order chi connectivity index (χ1) is 9.81. The Balaban J connectivity index is 2.11. The van der Waals surface area contributed by atoms with Crippen LogP contribution in [0.15, 0.2) is 18.2 Å². The third-order valence-corrected chi connectivity index (χ3v) is 3.49. The van der Waals surface area contributed by atoms with Gasteiger partial charge in [-0.25, -0.2) is 0 Å². The number of hydrogen-bond acceptors (Lipinski definition) is 4. The van der Waals surface area contributed by atoms with E-state index >= 15 is 0 Å². The highest BCUT2D eigenvalue weighted by Crippen LogP contribution is 2.32. The molecule has 20 heavy (non-hydrogen) atoms. The van der Waals surface area contributed by atoms with Crippen LogP contribution in [0.4, 0.5) is 0 Å². The Kier molecular flexibility index (Phi) is 6.15. The van der Waals surface area contributed by atoms with Gasteiger partial charge in [0.25, 0.3) is 0 Å². The van der Waals surface area contributed by atoms with Crippen molar-refractivity contribution in [3.05, 3.63) is 23.8 Å². The van der Waals surface area contributed by atoms with Crippen molar-refractivity contribution in [2.75, 3.05) is 39.6 Å². The molecule has 1 aliphatic heterocycles. The molecular formula is C16H24O4. The second kappa shape index (κ2) is 8.12. The van der Waals surface area contributed by atoms with Gasteiger partial charge in [0, 0.05) is 0 Å². The van der Waals surface area contributed by atoms with Crippen LogP contribution in [-0.2, 0) is 9.47 Å². The highest BCUT2D eigenvalue weighted by atomic mass is 16.6. The van der Waals surface area contributed by atoms with Gasteiger partial charge < -0.3 is 18.9 Å². The molecule has 1 aromatic carbocycles. The molecule has 0 saturated carbocycles. The molecule has 1 aliphatic rings. The molecule has 112 valence electrons. The Morgan fingerprint density at radius 2 is 1.50 bits per heavy atom. The van der Waals surface area contributed by atoms with E-state index < -0.39 is 0 Å². The number of hydrogen-bond donors (Lipinski definition) is 0. The van der Waals surface area contributed by atoms with Crippen molar-refractivity contribution in [1.82, 2.24) is 0 Å². The summed E-state index contributed by atoms with van der Waals surface area (Å²) in [4.78, 5) is 0. The molecule has 0 radical (unpaired) electrons. The van der Waals surface area contributed by atoms with Crippen molar-refractivity contribution in [2.24, 2.45) is 0 Å². The molecule has 0 spiro atoms. The standard InChI is InChI=1S/C16H24O4/c1-3-13(2)14-4-5-15-16(12-14)20-11-9-18-7-6-17-8-10-19-15/h4-5,12-13H,3,6-11H2,1-2H3.